The van der Waals surface area contributed by atoms with Gasteiger partial charge in [0.2, 0.25) is 0 Å². The normalized spacial score (nSPS) is 11.3. The van der Waals surface area contributed by atoms with Gasteiger partial charge >= 0.3 is 0 Å². The molecule has 102 valence electrons. The van der Waals surface area contributed by atoms with Gasteiger partial charge in [-0.3, -0.25) is 0 Å². The number of aryl methyl sites for hydroxylation is 1. The van der Waals surface area contributed by atoms with Gasteiger partial charge < -0.3 is 4.52 Å². The number of rotatable bonds is 1. The monoisotopic (exact) mass is 293 g/mol. The second kappa shape index (κ2) is 4.49. The molecule has 1 aliphatic carbocycles. The van der Waals surface area contributed by atoms with Crippen LogP contribution < -0.4 is 0 Å². The number of fused-ring (bicyclic) bond motifs is 2. The van der Waals surface area contributed by atoms with Crippen molar-refractivity contribution in [2.45, 2.75) is 6.92 Å². The van der Waals surface area contributed by atoms with Crippen LogP contribution in [-0.4, -0.2) is 14.7 Å². The highest BCUT2D eigenvalue weighted by atomic mass is 32.1. The molecule has 5 heteroatoms. The minimum atomic E-state index is 0.671. The van der Waals surface area contributed by atoms with Crippen LogP contribution in [0.5, 0.6) is 0 Å². The summed E-state index contributed by atoms with van der Waals surface area (Å²) in [5.41, 5.74) is 4.10. The van der Waals surface area contributed by atoms with E-state index in [1.165, 1.54) is 6.33 Å². The quantitative estimate of drug-likeness (QED) is 0.502. The number of nitrogens with zero attached hydrogens (tertiary/aromatic N) is 3. The average molecular weight is 293 g/mol. The van der Waals surface area contributed by atoms with E-state index in [0.29, 0.717) is 5.42 Å². The summed E-state index contributed by atoms with van der Waals surface area (Å²) in [6.07, 6.45) is 1.53. The first-order valence-electron chi connectivity index (χ1n) is 6.57. The largest absolute Gasteiger partial charge is 0.372 e. The van der Waals surface area contributed by atoms with E-state index in [1.807, 2.05) is 49.4 Å². The fourth-order valence-corrected chi connectivity index (χ4v) is 2.74. The van der Waals surface area contributed by atoms with Crippen LogP contribution in [0.25, 0.3) is 17.1 Å². The lowest BCUT2D eigenvalue weighted by molar-refractivity contribution is 0.300. The molecule has 0 saturated heterocycles. The third kappa shape index (κ3) is 1.86. The van der Waals surface area contributed by atoms with Gasteiger partial charge in [0.1, 0.15) is 12.0 Å². The fraction of sp³-hybridized carbons (Fsp3) is 0.0625. The number of hydrogen-bond acceptors (Lipinski definition) is 4. The molecule has 21 heavy (non-hydrogen) atoms. The van der Waals surface area contributed by atoms with Crippen LogP contribution in [0.3, 0.4) is 0 Å². The van der Waals surface area contributed by atoms with Crippen molar-refractivity contribution in [2.24, 2.45) is 0 Å². The molecule has 0 amide bonds. The maximum absolute atomic E-state index is 6.08. The topological polar surface area (TPSA) is 43.9 Å². The van der Waals surface area contributed by atoms with Crippen LogP contribution in [0.1, 0.15) is 5.69 Å². The number of benzene rings is 1. The maximum atomic E-state index is 6.08. The van der Waals surface area contributed by atoms with Gasteiger partial charge in [-0.05, 0) is 31.2 Å². The standard InChI is InChI=1S/C16H11N3OS/c1-10-7-12-14(21)8-13-15(18-9-17-13)16(12)20-19(10)11-5-3-2-4-6-11/h2-9H,1H3. The van der Waals surface area contributed by atoms with Crippen molar-refractivity contribution in [2.75, 3.05) is 0 Å². The molecule has 1 aromatic rings. The summed E-state index contributed by atoms with van der Waals surface area (Å²) in [6, 6.07) is 13.8. The maximum Gasteiger partial charge on any atom is 0.192 e. The van der Waals surface area contributed by atoms with Gasteiger partial charge in [-0.15, -0.1) is 0 Å². The Bertz CT molecular complexity index is 1020. The third-order valence-electron chi connectivity index (χ3n) is 3.47. The van der Waals surface area contributed by atoms with E-state index in [-0.39, 0.29) is 0 Å². The second-order valence-electron chi connectivity index (χ2n) is 4.87. The molecule has 0 bridgehead atoms. The first kappa shape index (κ1) is 12.2. The molecule has 0 atom stereocenters. The number of hydrogen-bond donors (Lipinski definition) is 0. The van der Waals surface area contributed by atoms with Crippen molar-refractivity contribution in [1.82, 2.24) is 14.7 Å². The van der Waals surface area contributed by atoms with E-state index in [2.05, 4.69) is 9.97 Å². The Morgan fingerprint density at radius 1 is 1.10 bits per heavy atom. The summed E-state index contributed by atoms with van der Waals surface area (Å²) < 4.78 is 8.59. The van der Waals surface area contributed by atoms with Crippen LogP contribution in [-0.2, 0) is 0 Å². The van der Waals surface area contributed by atoms with Crippen LogP contribution in [0.2, 0.25) is 0 Å². The first-order valence-corrected chi connectivity index (χ1v) is 6.98. The molecule has 0 saturated carbocycles. The van der Waals surface area contributed by atoms with Crippen LogP contribution in [0.4, 0.5) is 0 Å². The molecule has 0 spiro atoms. The van der Waals surface area contributed by atoms with Crippen LogP contribution >= 0.6 is 12.2 Å². The first-order chi connectivity index (χ1) is 10.2. The lowest BCUT2D eigenvalue weighted by Gasteiger charge is -2.10. The highest BCUT2D eigenvalue weighted by Crippen LogP contribution is 2.23. The fourth-order valence-electron chi connectivity index (χ4n) is 2.48. The molecule has 3 aliphatic rings. The summed E-state index contributed by atoms with van der Waals surface area (Å²) in [5.74, 6) is 0. The molecule has 4 rings (SSSR count). The zero-order chi connectivity index (χ0) is 14.4. The SMILES string of the molecule is Cc1cc2c(=S)cc3ncnc-3c=2on1-c1ccccc1. The lowest BCUT2D eigenvalue weighted by Crippen LogP contribution is -2.02. The number of para-hydroxylation sites is 1. The minimum absolute atomic E-state index is 0.671. The van der Waals surface area contributed by atoms with Crippen molar-refractivity contribution >= 4 is 12.2 Å². The van der Waals surface area contributed by atoms with Crippen molar-refractivity contribution in [3.05, 3.63) is 69.6 Å². The third-order valence-corrected chi connectivity index (χ3v) is 3.80. The van der Waals surface area contributed by atoms with E-state index in [4.69, 9.17) is 16.7 Å². The van der Waals surface area contributed by atoms with Crippen molar-refractivity contribution in [1.29, 1.82) is 0 Å². The van der Waals surface area contributed by atoms with Gasteiger partial charge in [-0.2, -0.15) is 4.74 Å². The molecule has 1 aromatic carbocycles. The van der Waals surface area contributed by atoms with Crippen molar-refractivity contribution in [3.63, 3.8) is 0 Å². The number of aromatic nitrogens is 3. The molecule has 2 heterocycles. The molecular formula is C16H11N3OS. The second-order valence-corrected chi connectivity index (χ2v) is 5.31. The highest BCUT2D eigenvalue weighted by molar-refractivity contribution is 7.71. The van der Waals surface area contributed by atoms with E-state index in [1.54, 1.807) is 4.74 Å². The predicted octanol–water partition coefficient (Wildman–Crippen LogP) is 3.73. The van der Waals surface area contributed by atoms with Gasteiger partial charge in [0.05, 0.1) is 21.6 Å². The molecule has 0 unspecified atom stereocenters. The Hall–Kier alpha value is -2.53. The number of imidazole rings is 1. The molecule has 0 fully saturated rings. The average Bonchev–Trinajstić information content (AvgIpc) is 2.96. The molecule has 0 aromatic heterocycles. The predicted molar refractivity (Wildman–Crippen MR) is 81.1 cm³/mol. The highest BCUT2D eigenvalue weighted by Gasteiger charge is 2.13. The molecule has 2 aliphatic heterocycles. The zero-order valence-electron chi connectivity index (χ0n) is 11.3. The Morgan fingerprint density at radius 3 is 2.71 bits per heavy atom. The molecular weight excluding hydrogens is 282 g/mol. The van der Waals surface area contributed by atoms with Gasteiger partial charge in [0.15, 0.2) is 5.42 Å². The smallest absolute Gasteiger partial charge is 0.192 e. The summed E-state index contributed by atoms with van der Waals surface area (Å²) in [5, 5.41) is 0.891. The Kier molecular flexibility index (Phi) is 2.62. The van der Waals surface area contributed by atoms with Gasteiger partial charge in [0, 0.05) is 5.22 Å². The van der Waals surface area contributed by atoms with Gasteiger partial charge in [-0.1, -0.05) is 30.4 Å². The Morgan fingerprint density at radius 2 is 1.90 bits per heavy atom. The van der Waals surface area contributed by atoms with Crippen LogP contribution in [0, 0.1) is 22.1 Å². The van der Waals surface area contributed by atoms with E-state index in [0.717, 1.165) is 32.5 Å². The van der Waals surface area contributed by atoms with Crippen LogP contribution in [0.15, 0.2) is 53.3 Å². The summed E-state index contributed by atoms with van der Waals surface area (Å²) in [4.78, 5) is 8.50. The Labute approximate surface area is 125 Å². The minimum Gasteiger partial charge on any atom is -0.372 e. The summed E-state index contributed by atoms with van der Waals surface area (Å²) in [7, 11) is 0. The van der Waals surface area contributed by atoms with Gasteiger partial charge in [0.25, 0.3) is 0 Å². The van der Waals surface area contributed by atoms with E-state index >= 15 is 0 Å². The summed E-state index contributed by atoms with van der Waals surface area (Å²) >= 11 is 5.43. The van der Waals surface area contributed by atoms with Gasteiger partial charge in [-0.25, -0.2) is 9.97 Å². The Balaban J connectivity index is 2.16. The zero-order valence-corrected chi connectivity index (χ0v) is 12.1. The van der Waals surface area contributed by atoms with E-state index in [9.17, 15) is 0 Å². The van der Waals surface area contributed by atoms with Crippen molar-refractivity contribution < 1.29 is 4.52 Å². The lowest BCUT2D eigenvalue weighted by atomic mass is 10.2. The molecule has 4 nitrogen and oxygen atoms in total. The summed E-state index contributed by atoms with van der Waals surface area (Å²) in [6.45, 7) is 1.99. The van der Waals surface area contributed by atoms with Crippen molar-refractivity contribution in [3.8, 4) is 17.1 Å². The molecule has 0 N–H and O–H groups in total. The molecule has 0 radical (unpaired) electrons. The van der Waals surface area contributed by atoms with E-state index < -0.39 is 0 Å².